The van der Waals surface area contributed by atoms with Gasteiger partial charge in [0.1, 0.15) is 5.69 Å². The number of fused-ring (bicyclic) bond motifs is 1. The van der Waals surface area contributed by atoms with E-state index in [-0.39, 0.29) is 5.91 Å². The number of nitrogens with one attached hydrogen (secondary N) is 1. The molecule has 0 aliphatic heterocycles. The summed E-state index contributed by atoms with van der Waals surface area (Å²) in [6.07, 6.45) is 0. The number of aromatic nitrogens is 1. The number of halogens is 1. The van der Waals surface area contributed by atoms with Crippen LogP contribution in [0.4, 0.5) is 0 Å². The highest BCUT2D eigenvalue weighted by Gasteiger charge is 2.15. The number of benzene rings is 1. The minimum Gasteiger partial charge on any atom is -0.347 e. The lowest BCUT2D eigenvalue weighted by Gasteiger charge is -2.07. The van der Waals surface area contributed by atoms with Gasteiger partial charge in [-0.3, -0.25) is 4.79 Å². The average molecular weight is 319 g/mol. The van der Waals surface area contributed by atoms with Crippen molar-refractivity contribution in [3.05, 3.63) is 57.6 Å². The zero-order valence-electron chi connectivity index (χ0n) is 11.8. The highest BCUT2D eigenvalue weighted by Crippen LogP contribution is 2.31. The van der Waals surface area contributed by atoms with Crippen molar-refractivity contribution >= 4 is 39.1 Å². The standard InChI is InChI=1S/C16H15ClN2OS/c1-10-3-5-11(6-4-10)9-18-16(20)13-7-14-12(19(13)2)8-15(17)21-14/h3-8H,9H2,1-2H3,(H,18,20). The molecule has 5 heteroatoms. The van der Waals surface area contributed by atoms with Gasteiger partial charge in [-0.15, -0.1) is 11.3 Å². The molecule has 0 spiro atoms. The predicted octanol–water partition coefficient (Wildman–Crippen LogP) is 4.13. The van der Waals surface area contributed by atoms with Gasteiger partial charge in [0.05, 0.1) is 14.6 Å². The summed E-state index contributed by atoms with van der Waals surface area (Å²) in [5.74, 6) is -0.0717. The van der Waals surface area contributed by atoms with Gasteiger partial charge in [-0.2, -0.15) is 0 Å². The van der Waals surface area contributed by atoms with E-state index in [9.17, 15) is 4.79 Å². The van der Waals surface area contributed by atoms with Gasteiger partial charge in [0, 0.05) is 13.6 Å². The van der Waals surface area contributed by atoms with Crippen molar-refractivity contribution in [1.82, 2.24) is 9.88 Å². The molecule has 0 bridgehead atoms. The lowest BCUT2D eigenvalue weighted by molar-refractivity contribution is 0.0943. The zero-order chi connectivity index (χ0) is 15.0. The predicted molar refractivity (Wildman–Crippen MR) is 88.2 cm³/mol. The molecule has 0 aliphatic carbocycles. The Balaban J connectivity index is 1.76. The lowest BCUT2D eigenvalue weighted by atomic mass is 10.1. The summed E-state index contributed by atoms with van der Waals surface area (Å²) in [6, 6.07) is 11.9. The monoisotopic (exact) mass is 318 g/mol. The van der Waals surface area contributed by atoms with Crippen molar-refractivity contribution in [3.63, 3.8) is 0 Å². The second-order valence-corrected chi connectivity index (χ2v) is 6.77. The van der Waals surface area contributed by atoms with Crippen LogP contribution in [0.5, 0.6) is 0 Å². The summed E-state index contributed by atoms with van der Waals surface area (Å²) in [6.45, 7) is 2.57. The molecule has 0 atom stereocenters. The van der Waals surface area contributed by atoms with Crippen molar-refractivity contribution in [2.75, 3.05) is 0 Å². The topological polar surface area (TPSA) is 34.0 Å². The van der Waals surface area contributed by atoms with E-state index in [0.29, 0.717) is 12.2 Å². The molecule has 1 aromatic carbocycles. The Kier molecular flexibility index (Phi) is 3.74. The van der Waals surface area contributed by atoms with E-state index in [1.54, 1.807) is 0 Å². The molecular weight excluding hydrogens is 304 g/mol. The molecule has 1 N–H and O–H groups in total. The molecule has 0 radical (unpaired) electrons. The maximum atomic E-state index is 12.3. The molecule has 0 unspecified atom stereocenters. The van der Waals surface area contributed by atoms with Crippen LogP contribution in [0.2, 0.25) is 4.34 Å². The van der Waals surface area contributed by atoms with Crippen molar-refractivity contribution in [2.24, 2.45) is 7.05 Å². The van der Waals surface area contributed by atoms with Crippen LogP contribution in [0.25, 0.3) is 10.2 Å². The molecule has 0 saturated heterocycles. The molecule has 0 aliphatic rings. The van der Waals surface area contributed by atoms with Crippen molar-refractivity contribution in [1.29, 1.82) is 0 Å². The largest absolute Gasteiger partial charge is 0.347 e. The summed E-state index contributed by atoms with van der Waals surface area (Å²) in [7, 11) is 1.88. The summed E-state index contributed by atoms with van der Waals surface area (Å²) in [4.78, 5) is 12.3. The molecular formula is C16H15ClN2OS. The highest BCUT2D eigenvalue weighted by atomic mass is 35.5. The zero-order valence-corrected chi connectivity index (χ0v) is 13.4. The second-order valence-electron chi connectivity index (χ2n) is 5.06. The second kappa shape index (κ2) is 5.54. The van der Waals surface area contributed by atoms with Gasteiger partial charge in [0.25, 0.3) is 5.91 Å². The molecule has 0 fully saturated rings. The fraction of sp³-hybridized carbons (Fsp3) is 0.188. The number of rotatable bonds is 3. The Morgan fingerprint density at radius 2 is 2.00 bits per heavy atom. The Bertz CT molecular complexity index is 802. The Morgan fingerprint density at radius 1 is 1.29 bits per heavy atom. The quantitative estimate of drug-likeness (QED) is 0.774. The Hall–Kier alpha value is -1.78. The normalized spacial score (nSPS) is 11.0. The maximum absolute atomic E-state index is 12.3. The number of aryl methyl sites for hydroxylation is 2. The number of hydrogen-bond acceptors (Lipinski definition) is 2. The van der Waals surface area contributed by atoms with Crippen LogP contribution in [0, 0.1) is 6.92 Å². The average Bonchev–Trinajstić information content (AvgIpc) is 2.96. The lowest BCUT2D eigenvalue weighted by Crippen LogP contribution is -2.24. The smallest absolute Gasteiger partial charge is 0.268 e. The van der Waals surface area contributed by atoms with Gasteiger partial charge in [-0.1, -0.05) is 41.4 Å². The van der Waals surface area contributed by atoms with Crippen LogP contribution in [0.3, 0.4) is 0 Å². The Labute approximate surface area is 132 Å². The van der Waals surface area contributed by atoms with E-state index >= 15 is 0 Å². The number of thiophene rings is 1. The van der Waals surface area contributed by atoms with E-state index in [4.69, 9.17) is 11.6 Å². The first-order valence-electron chi connectivity index (χ1n) is 6.63. The summed E-state index contributed by atoms with van der Waals surface area (Å²) in [5, 5.41) is 2.95. The molecule has 0 saturated carbocycles. The maximum Gasteiger partial charge on any atom is 0.268 e. The van der Waals surface area contributed by atoms with Gasteiger partial charge in [0.2, 0.25) is 0 Å². The number of hydrogen-bond donors (Lipinski definition) is 1. The Morgan fingerprint density at radius 3 is 2.67 bits per heavy atom. The fourth-order valence-corrected chi connectivity index (χ4v) is 3.48. The van der Waals surface area contributed by atoms with Gasteiger partial charge < -0.3 is 9.88 Å². The summed E-state index contributed by atoms with van der Waals surface area (Å²) < 4.78 is 3.65. The SMILES string of the molecule is Cc1ccc(CNC(=O)c2cc3sc(Cl)cc3n2C)cc1. The molecule has 3 aromatic rings. The van der Waals surface area contributed by atoms with E-state index in [0.717, 1.165) is 20.1 Å². The minimum absolute atomic E-state index is 0.0717. The van der Waals surface area contributed by atoms with Crippen LogP contribution in [-0.2, 0) is 13.6 Å². The minimum atomic E-state index is -0.0717. The molecule has 3 rings (SSSR count). The molecule has 1 amide bonds. The van der Waals surface area contributed by atoms with E-state index in [1.807, 2.05) is 54.9 Å². The van der Waals surface area contributed by atoms with E-state index in [2.05, 4.69) is 5.32 Å². The van der Waals surface area contributed by atoms with Crippen LogP contribution >= 0.6 is 22.9 Å². The highest BCUT2D eigenvalue weighted by molar-refractivity contribution is 7.22. The third-order valence-corrected chi connectivity index (χ3v) is 4.71. The number of carbonyl (C=O) groups is 1. The van der Waals surface area contributed by atoms with Crippen molar-refractivity contribution in [2.45, 2.75) is 13.5 Å². The first-order chi connectivity index (χ1) is 10.0. The first kappa shape index (κ1) is 14.2. The fourth-order valence-electron chi connectivity index (χ4n) is 2.28. The van der Waals surface area contributed by atoms with E-state index in [1.165, 1.54) is 16.9 Å². The van der Waals surface area contributed by atoms with Gasteiger partial charge in [0.15, 0.2) is 0 Å². The first-order valence-corrected chi connectivity index (χ1v) is 7.82. The van der Waals surface area contributed by atoms with Crippen LogP contribution in [0.1, 0.15) is 21.6 Å². The molecule has 2 heterocycles. The molecule has 108 valence electrons. The van der Waals surface area contributed by atoms with E-state index < -0.39 is 0 Å². The van der Waals surface area contributed by atoms with Crippen LogP contribution in [0.15, 0.2) is 36.4 Å². The molecule has 21 heavy (non-hydrogen) atoms. The summed E-state index contributed by atoms with van der Waals surface area (Å²) >= 11 is 7.47. The third kappa shape index (κ3) is 2.82. The molecule has 3 nitrogen and oxygen atoms in total. The number of carbonyl (C=O) groups excluding carboxylic acids is 1. The number of nitrogens with zero attached hydrogens (tertiary/aromatic N) is 1. The van der Waals surface area contributed by atoms with Gasteiger partial charge in [-0.25, -0.2) is 0 Å². The van der Waals surface area contributed by atoms with Gasteiger partial charge in [-0.05, 0) is 24.6 Å². The molecule has 2 aromatic heterocycles. The summed E-state index contributed by atoms with van der Waals surface area (Å²) in [5.41, 5.74) is 3.95. The number of amides is 1. The third-order valence-electron chi connectivity index (χ3n) is 3.51. The van der Waals surface area contributed by atoms with Crippen LogP contribution in [-0.4, -0.2) is 10.5 Å². The van der Waals surface area contributed by atoms with Gasteiger partial charge >= 0.3 is 0 Å². The van der Waals surface area contributed by atoms with Crippen molar-refractivity contribution in [3.8, 4) is 0 Å². The van der Waals surface area contributed by atoms with Crippen LogP contribution < -0.4 is 5.32 Å². The van der Waals surface area contributed by atoms with Crippen molar-refractivity contribution < 1.29 is 4.79 Å².